The largest absolute Gasteiger partial charge is 0.325 e. The molecule has 8 nitrogen and oxygen atoms in total. The number of carbonyl (C=O) groups is 4. The highest BCUT2D eigenvalue weighted by Crippen LogP contribution is 2.37. The number of benzene rings is 1. The molecule has 0 unspecified atom stereocenters. The van der Waals surface area contributed by atoms with Crippen LogP contribution in [0, 0.1) is 17.6 Å². The zero-order valence-electron chi connectivity index (χ0n) is 16.8. The third kappa shape index (κ3) is 4.27. The first-order valence-electron chi connectivity index (χ1n) is 9.86. The predicted octanol–water partition coefficient (Wildman–Crippen LogP) is 2.75. The van der Waals surface area contributed by atoms with Gasteiger partial charge in [0.25, 0.3) is 5.91 Å². The molecule has 1 saturated heterocycles. The summed E-state index contributed by atoms with van der Waals surface area (Å²) in [5, 5.41) is 7.13. The number of hydrogen-bond donors (Lipinski definition) is 3. The van der Waals surface area contributed by atoms with Gasteiger partial charge in [-0.1, -0.05) is 13.3 Å². The van der Waals surface area contributed by atoms with Crippen molar-refractivity contribution in [3.8, 4) is 0 Å². The molecule has 30 heavy (non-hydrogen) atoms. The number of rotatable bonds is 5. The number of halogens is 2. The van der Waals surface area contributed by atoms with Crippen molar-refractivity contribution in [2.24, 2.45) is 5.92 Å². The number of amides is 5. The van der Waals surface area contributed by atoms with E-state index in [9.17, 15) is 28.0 Å². The molecule has 1 aliphatic heterocycles. The van der Waals surface area contributed by atoms with Crippen LogP contribution in [0.15, 0.2) is 12.1 Å². The van der Waals surface area contributed by atoms with Crippen molar-refractivity contribution in [1.29, 1.82) is 0 Å². The van der Waals surface area contributed by atoms with Gasteiger partial charge in [0, 0.05) is 13.0 Å². The second-order valence-electron chi connectivity index (χ2n) is 7.80. The molecule has 1 aromatic carbocycles. The van der Waals surface area contributed by atoms with Gasteiger partial charge in [0.15, 0.2) is 0 Å². The Kier molecular flexibility index (Phi) is 6.04. The number of urea groups is 1. The third-order valence-corrected chi connectivity index (χ3v) is 5.73. The Hall–Kier alpha value is -3.04. The summed E-state index contributed by atoms with van der Waals surface area (Å²) in [4.78, 5) is 49.5. The predicted molar refractivity (Wildman–Crippen MR) is 105 cm³/mol. The molecule has 0 radical (unpaired) electrons. The standard InChI is InChI=1S/C20H24F2N4O4/c1-3-12-4-6-20(7-5-12)18(29)26(19(30)25-20)10-17(28)24-16-9-15(23-11(2)27)13(21)8-14(16)22/h8-9,12H,3-7,10H2,1-2H3,(H,23,27)(H,24,28)(H,25,30). The fourth-order valence-electron chi connectivity index (χ4n) is 4.00. The van der Waals surface area contributed by atoms with Gasteiger partial charge in [0.1, 0.15) is 23.7 Å². The first-order valence-corrected chi connectivity index (χ1v) is 9.86. The van der Waals surface area contributed by atoms with Crippen LogP contribution >= 0.6 is 0 Å². The summed E-state index contributed by atoms with van der Waals surface area (Å²) in [5.74, 6) is -3.40. The molecular weight excluding hydrogens is 398 g/mol. The van der Waals surface area contributed by atoms with Gasteiger partial charge >= 0.3 is 6.03 Å². The van der Waals surface area contributed by atoms with E-state index in [0.29, 0.717) is 24.8 Å². The minimum atomic E-state index is -1.05. The van der Waals surface area contributed by atoms with Crippen LogP contribution in [0.25, 0.3) is 0 Å². The Labute approximate surface area is 172 Å². The van der Waals surface area contributed by atoms with E-state index in [1.807, 2.05) is 0 Å². The number of nitrogens with one attached hydrogen (secondary N) is 3. The lowest BCUT2D eigenvalue weighted by molar-refractivity contribution is -0.135. The number of hydrogen-bond acceptors (Lipinski definition) is 4. The van der Waals surface area contributed by atoms with Gasteiger partial charge in [-0.25, -0.2) is 13.6 Å². The molecule has 1 spiro atoms. The summed E-state index contributed by atoms with van der Waals surface area (Å²) in [7, 11) is 0. The van der Waals surface area contributed by atoms with Gasteiger partial charge < -0.3 is 16.0 Å². The maximum atomic E-state index is 14.0. The van der Waals surface area contributed by atoms with Crippen molar-refractivity contribution >= 4 is 35.1 Å². The Morgan fingerprint density at radius 2 is 1.73 bits per heavy atom. The van der Waals surface area contributed by atoms with Crippen LogP contribution in [0.5, 0.6) is 0 Å². The molecular formula is C20H24F2N4O4. The number of anilines is 2. The Morgan fingerprint density at radius 3 is 2.30 bits per heavy atom. The Morgan fingerprint density at radius 1 is 1.13 bits per heavy atom. The lowest BCUT2D eigenvalue weighted by Crippen LogP contribution is -2.49. The molecule has 0 aromatic heterocycles. The van der Waals surface area contributed by atoms with Crippen LogP contribution < -0.4 is 16.0 Å². The van der Waals surface area contributed by atoms with E-state index in [-0.39, 0.29) is 11.4 Å². The molecule has 162 valence electrons. The molecule has 3 rings (SSSR count). The lowest BCUT2D eigenvalue weighted by Gasteiger charge is -2.34. The molecule has 10 heteroatoms. The molecule has 3 N–H and O–H groups in total. The van der Waals surface area contributed by atoms with Gasteiger partial charge in [0.05, 0.1) is 11.4 Å². The molecule has 1 saturated carbocycles. The molecule has 0 atom stereocenters. The van der Waals surface area contributed by atoms with E-state index in [4.69, 9.17) is 0 Å². The van der Waals surface area contributed by atoms with Gasteiger partial charge in [-0.3, -0.25) is 19.3 Å². The smallest absolute Gasteiger partial charge is 0.324 e. The monoisotopic (exact) mass is 422 g/mol. The average Bonchev–Trinajstić information content (AvgIpc) is 2.90. The molecule has 5 amide bonds. The van der Waals surface area contributed by atoms with E-state index in [1.165, 1.54) is 0 Å². The van der Waals surface area contributed by atoms with Gasteiger partial charge in [0.2, 0.25) is 11.8 Å². The number of carbonyl (C=O) groups excluding carboxylic acids is 4. The van der Waals surface area contributed by atoms with Crippen LogP contribution in [0.3, 0.4) is 0 Å². The maximum absolute atomic E-state index is 14.0. The molecule has 0 bridgehead atoms. The Balaban J connectivity index is 1.69. The minimum Gasteiger partial charge on any atom is -0.324 e. The van der Waals surface area contributed by atoms with Gasteiger partial charge in [-0.2, -0.15) is 0 Å². The van der Waals surface area contributed by atoms with E-state index >= 15 is 0 Å². The molecule has 2 aliphatic rings. The molecule has 1 aliphatic carbocycles. The first kappa shape index (κ1) is 21.7. The summed E-state index contributed by atoms with van der Waals surface area (Å²) in [5.41, 5.74) is -1.67. The van der Waals surface area contributed by atoms with E-state index in [2.05, 4.69) is 22.9 Å². The third-order valence-electron chi connectivity index (χ3n) is 5.73. The highest BCUT2D eigenvalue weighted by Gasteiger charge is 2.52. The van der Waals surface area contributed by atoms with Crippen molar-refractivity contribution in [2.75, 3.05) is 17.2 Å². The van der Waals surface area contributed by atoms with Crippen LogP contribution in [0.1, 0.15) is 46.0 Å². The summed E-state index contributed by atoms with van der Waals surface area (Å²) >= 11 is 0. The van der Waals surface area contributed by atoms with E-state index < -0.39 is 47.5 Å². The quantitative estimate of drug-likeness (QED) is 0.634. The fraction of sp³-hybridized carbons (Fsp3) is 0.500. The molecule has 2 fully saturated rings. The van der Waals surface area contributed by atoms with Crippen molar-refractivity contribution < 1.29 is 28.0 Å². The summed E-state index contributed by atoms with van der Waals surface area (Å²) in [6.45, 7) is 2.64. The van der Waals surface area contributed by atoms with Crippen molar-refractivity contribution in [2.45, 2.75) is 51.5 Å². The highest BCUT2D eigenvalue weighted by atomic mass is 19.1. The average molecular weight is 422 g/mol. The molecule has 1 aromatic rings. The topological polar surface area (TPSA) is 108 Å². The second-order valence-corrected chi connectivity index (χ2v) is 7.80. The van der Waals surface area contributed by atoms with E-state index in [1.54, 1.807) is 0 Å². The van der Waals surface area contributed by atoms with Crippen LogP contribution in [0.4, 0.5) is 25.0 Å². The van der Waals surface area contributed by atoms with Gasteiger partial charge in [-0.05, 0) is 37.7 Å². The van der Waals surface area contributed by atoms with Gasteiger partial charge in [-0.15, -0.1) is 0 Å². The summed E-state index contributed by atoms with van der Waals surface area (Å²) in [6.07, 6.45) is 3.67. The van der Waals surface area contributed by atoms with Crippen molar-refractivity contribution in [3.05, 3.63) is 23.8 Å². The number of nitrogens with zero attached hydrogens (tertiary/aromatic N) is 1. The zero-order valence-corrected chi connectivity index (χ0v) is 16.8. The first-order chi connectivity index (χ1) is 14.1. The van der Waals surface area contributed by atoms with Crippen LogP contribution in [0.2, 0.25) is 0 Å². The minimum absolute atomic E-state index is 0.305. The Bertz CT molecular complexity index is 897. The van der Waals surface area contributed by atoms with E-state index in [0.717, 1.165) is 37.2 Å². The fourth-order valence-corrected chi connectivity index (χ4v) is 4.00. The van der Waals surface area contributed by atoms with Crippen LogP contribution in [-0.4, -0.2) is 40.7 Å². The normalized spacial score (nSPS) is 23.5. The summed E-state index contributed by atoms with van der Waals surface area (Å²) in [6, 6.07) is 0.794. The summed E-state index contributed by atoms with van der Waals surface area (Å²) < 4.78 is 27.8. The molecule has 1 heterocycles. The van der Waals surface area contributed by atoms with Crippen LogP contribution in [-0.2, 0) is 14.4 Å². The highest BCUT2D eigenvalue weighted by molar-refractivity contribution is 6.10. The van der Waals surface area contributed by atoms with Crippen molar-refractivity contribution in [3.63, 3.8) is 0 Å². The zero-order chi connectivity index (χ0) is 22.1. The number of imide groups is 1. The lowest BCUT2D eigenvalue weighted by atomic mass is 9.75. The maximum Gasteiger partial charge on any atom is 0.325 e. The van der Waals surface area contributed by atoms with Crippen molar-refractivity contribution in [1.82, 2.24) is 10.2 Å². The SMILES string of the molecule is CCC1CCC2(CC1)NC(=O)N(CC(=O)Nc1cc(NC(C)=O)c(F)cc1F)C2=O. The second kappa shape index (κ2) is 8.37.